The van der Waals surface area contributed by atoms with Gasteiger partial charge in [0.1, 0.15) is 0 Å². The summed E-state index contributed by atoms with van der Waals surface area (Å²) < 4.78 is 10.8. The molecule has 0 unspecified atom stereocenters. The molecule has 3 rings (SSSR count). The minimum absolute atomic E-state index is 0.0925. The number of anilines is 1. The Labute approximate surface area is 157 Å². The van der Waals surface area contributed by atoms with Gasteiger partial charge in [-0.2, -0.15) is 0 Å². The fraction of sp³-hybridized carbons (Fsp3) is 0.0952. The SMILES string of the molecule is COc1ccccc1OCC(=O)Nc1ccccc1Sc1ccccc1. The molecule has 5 heteroatoms. The van der Waals surface area contributed by atoms with Crippen molar-refractivity contribution in [3.63, 3.8) is 0 Å². The molecular formula is C21H19NO3S. The highest BCUT2D eigenvalue weighted by Crippen LogP contribution is 2.33. The molecule has 0 radical (unpaired) electrons. The molecule has 26 heavy (non-hydrogen) atoms. The minimum atomic E-state index is -0.225. The summed E-state index contributed by atoms with van der Waals surface area (Å²) in [6.45, 7) is -0.0925. The first-order valence-electron chi connectivity index (χ1n) is 8.14. The molecule has 0 saturated heterocycles. The highest BCUT2D eigenvalue weighted by Gasteiger charge is 2.10. The van der Waals surface area contributed by atoms with Crippen molar-refractivity contribution in [3.8, 4) is 11.5 Å². The van der Waals surface area contributed by atoms with Gasteiger partial charge in [-0.15, -0.1) is 0 Å². The first-order valence-corrected chi connectivity index (χ1v) is 8.95. The van der Waals surface area contributed by atoms with Crippen molar-refractivity contribution < 1.29 is 14.3 Å². The molecule has 0 aliphatic carbocycles. The van der Waals surface area contributed by atoms with E-state index in [1.807, 2.05) is 66.7 Å². The van der Waals surface area contributed by atoms with Crippen molar-refractivity contribution in [2.75, 3.05) is 19.0 Å². The predicted molar refractivity (Wildman–Crippen MR) is 104 cm³/mol. The van der Waals surface area contributed by atoms with Crippen LogP contribution in [0.5, 0.6) is 11.5 Å². The maximum absolute atomic E-state index is 12.3. The van der Waals surface area contributed by atoms with Crippen LogP contribution in [0.15, 0.2) is 88.7 Å². The quantitative estimate of drug-likeness (QED) is 0.649. The lowest BCUT2D eigenvalue weighted by Crippen LogP contribution is -2.20. The fourth-order valence-electron chi connectivity index (χ4n) is 2.34. The molecular weight excluding hydrogens is 346 g/mol. The van der Waals surface area contributed by atoms with Gasteiger partial charge in [0.05, 0.1) is 12.8 Å². The second-order valence-electron chi connectivity index (χ2n) is 5.40. The molecule has 132 valence electrons. The molecule has 0 aliphatic rings. The maximum Gasteiger partial charge on any atom is 0.262 e. The topological polar surface area (TPSA) is 47.6 Å². The van der Waals surface area contributed by atoms with E-state index in [1.165, 1.54) is 0 Å². The van der Waals surface area contributed by atoms with Crippen LogP contribution in [0.2, 0.25) is 0 Å². The Hall–Kier alpha value is -2.92. The lowest BCUT2D eigenvalue weighted by molar-refractivity contribution is -0.118. The average Bonchev–Trinajstić information content (AvgIpc) is 2.69. The monoisotopic (exact) mass is 365 g/mol. The number of methoxy groups -OCH3 is 1. The number of rotatable bonds is 7. The van der Waals surface area contributed by atoms with Gasteiger partial charge in [0.15, 0.2) is 18.1 Å². The number of hydrogen-bond donors (Lipinski definition) is 1. The van der Waals surface area contributed by atoms with E-state index < -0.39 is 0 Å². The molecule has 0 spiro atoms. The number of carbonyl (C=O) groups is 1. The van der Waals surface area contributed by atoms with Crippen LogP contribution in [-0.4, -0.2) is 19.6 Å². The zero-order valence-corrected chi connectivity index (χ0v) is 15.2. The minimum Gasteiger partial charge on any atom is -0.493 e. The van der Waals surface area contributed by atoms with E-state index in [4.69, 9.17) is 9.47 Å². The van der Waals surface area contributed by atoms with Gasteiger partial charge in [0.2, 0.25) is 0 Å². The van der Waals surface area contributed by atoms with E-state index in [0.29, 0.717) is 11.5 Å². The number of amides is 1. The van der Waals surface area contributed by atoms with Crippen molar-refractivity contribution in [3.05, 3.63) is 78.9 Å². The van der Waals surface area contributed by atoms with E-state index in [-0.39, 0.29) is 12.5 Å². The molecule has 3 aromatic carbocycles. The van der Waals surface area contributed by atoms with E-state index in [2.05, 4.69) is 5.32 Å². The van der Waals surface area contributed by atoms with Gasteiger partial charge in [-0.05, 0) is 36.4 Å². The average molecular weight is 365 g/mol. The summed E-state index contributed by atoms with van der Waals surface area (Å²) in [5.41, 5.74) is 0.759. The Bertz CT molecular complexity index is 868. The molecule has 0 atom stereocenters. The Balaban J connectivity index is 1.64. The summed E-state index contributed by atoms with van der Waals surface area (Å²) >= 11 is 1.60. The number of ether oxygens (including phenoxy) is 2. The second kappa shape index (κ2) is 8.97. The number of carbonyl (C=O) groups excluding carboxylic acids is 1. The van der Waals surface area contributed by atoms with Crippen LogP contribution < -0.4 is 14.8 Å². The molecule has 0 fully saturated rings. The standard InChI is InChI=1S/C21H19NO3S/c1-24-18-12-6-7-13-19(18)25-15-21(23)22-17-11-5-8-14-20(17)26-16-9-3-2-4-10-16/h2-14H,15H2,1H3,(H,22,23). The predicted octanol–water partition coefficient (Wildman–Crippen LogP) is 4.86. The molecule has 0 aliphatic heterocycles. The number of benzene rings is 3. The molecule has 1 N–H and O–H groups in total. The van der Waals surface area contributed by atoms with Gasteiger partial charge in [-0.3, -0.25) is 4.79 Å². The van der Waals surface area contributed by atoms with E-state index in [9.17, 15) is 4.79 Å². The first kappa shape index (κ1) is 17.9. The van der Waals surface area contributed by atoms with Gasteiger partial charge in [0, 0.05) is 9.79 Å². The zero-order valence-electron chi connectivity index (χ0n) is 14.3. The van der Waals surface area contributed by atoms with Crippen LogP contribution in [-0.2, 0) is 4.79 Å². The van der Waals surface area contributed by atoms with E-state index in [1.54, 1.807) is 31.0 Å². The summed E-state index contributed by atoms with van der Waals surface area (Å²) in [6.07, 6.45) is 0. The summed E-state index contributed by atoms with van der Waals surface area (Å²) in [5.74, 6) is 0.912. The summed E-state index contributed by atoms with van der Waals surface area (Å²) in [5, 5.41) is 2.91. The number of nitrogens with one attached hydrogen (secondary N) is 1. The van der Waals surface area contributed by atoms with Crippen molar-refractivity contribution >= 4 is 23.4 Å². The number of para-hydroxylation sites is 3. The molecule has 4 nitrogen and oxygen atoms in total. The zero-order chi connectivity index (χ0) is 18.2. The summed E-state index contributed by atoms with van der Waals surface area (Å²) in [4.78, 5) is 14.4. The van der Waals surface area contributed by atoms with Crippen LogP contribution in [0, 0.1) is 0 Å². The molecule has 0 bridgehead atoms. The Morgan fingerprint density at radius 3 is 2.31 bits per heavy atom. The highest BCUT2D eigenvalue weighted by molar-refractivity contribution is 7.99. The first-order chi connectivity index (χ1) is 12.8. The third-order valence-electron chi connectivity index (χ3n) is 3.56. The lowest BCUT2D eigenvalue weighted by Gasteiger charge is -2.12. The third-order valence-corrected chi connectivity index (χ3v) is 4.64. The smallest absolute Gasteiger partial charge is 0.262 e. The van der Waals surface area contributed by atoms with Crippen molar-refractivity contribution in [1.29, 1.82) is 0 Å². The van der Waals surface area contributed by atoms with E-state index >= 15 is 0 Å². The fourth-order valence-corrected chi connectivity index (χ4v) is 3.26. The van der Waals surface area contributed by atoms with Crippen molar-refractivity contribution in [2.45, 2.75) is 9.79 Å². The van der Waals surface area contributed by atoms with Crippen molar-refractivity contribution in [2.24, 2.45) is 0 Å². The van der Waals surface area contributed by atoms with Gasteiger partial charge in [0.25, 0.3) is 5.91 Å². The molecule has 0 saturated carbocycles. The van der Waals surface area contributed by atoms with Gasteiger partial charge < -0.3 is 14.8 Å². The van der Waals surface area contributed by atoms with Crippen LogP contribution in [0.3, 0.4) is 0 Å². The molecule has 3 aromatic rings. The number of hydrogen-bond acceptors (Lipinski definition) is 4. The van der Waals surface area contributed by atoms with Crippen molar-refractivity contribution in [1.82, 2.24) is 0 Å². The maximum atomic E-state index is 12.3. The Morgan fingerprint density at radius 2 is 1.54 bits per heavy atom. The third kappa shape index (κ3) is 4.80. The lowest BCUT2D eigenvalue weighted by atomic mass is 10.3. The Kier molecular flexibility index (Phi) is 6.17. The van der Waals surface area contributed by atoms with Crippen LogP contribution >= 0.6 is 11.8 Å². The normalized spacial score (nSPS) is 10.2. The van der Waals surface area contributed by atoms with Gasteiger partial charge >= 0.3 is 0 Å². The van der Waals surface area contributed by atoms with Crippen LogP contribution in [0.25, 0.3) is 0 Å². The Morgan fingerprint density at radius 1 is 0.885 bits per heavy atom. The summed E-state index contributed by atoms with van der Waals surface area (Å²) in [6, 6.07) is 25.0. The van der Waals surface area contributed by atoms with Crippen LogP contribution in [0.1, 0.15) is 0 Å². The second-order valence-corrected chi connectivity index (χ2v) is 6.51. The van der Waals surface area contributed by atoms with Gasteiger partial charge in [-0.1, -0.05) is 54.2 Å². The van der Waals surface area contributed by atoms with Gasteiger partial charge in [-0.25, -0.2) is 0 Å². The summed E-state index contributed by atoms with van der Waals surface area (Å²) in [7, 11) is 1.57. The molecule has 1 amide bonds. The molecule has 0 aromatic heterocycles. The molecule has 0 heterocycles. The van der Waals surface area contributed by atoms with Crippen LogP contribution in [0.4, 0.5) is 5.69 Å². The highest BCUT2D eigenvalue weighted by atomic mass is 32.2. The largest absolute Gasteiger partial charge is 0.493 e. The van der Waals surface area contributed by atoms with E-state index in [0.717, 1.165) is 15.5 Å².